The van der Waals surface area contributed by atoms with E-state index in [0.29, 0.717) is 58.5 Å². The molecule has 3 aliphatic rings. The summed E-state index contributed by atoms with van der Waals surface area (Å²) in [5.41, 5.74) is 1.66. The summed E-state index contributed by atoms with van der Waals surface area (Å²) in [5.74, 6) is 1.78. The maximum Gasteiger partial charge on any atom is 0.226 e. The number of amides is 2. The van der Waals surface area contributed by atoms with Crippen LogP contribution in [0.1, 0.15) is 30.4 Å². The molecule has 2 N–H and O–H groups in total. The van der Waals surface area contributed by atoms with Gasteiger partial charge in [-0.3, -0.25) is 9.59 Å². The van der Waals surface area contributed by atoms with Crippen LogP contribution < -0.4 is 15.4 Å². The minimum absolute atomic E-state index is 0. The Morgan fingerprint density at radius 1 is 1.03 bits per heavy atom. The van der Waals surface area contributed by atoms with Gasteiger partial charge in [-0.25, -0.2) is 0 Å². The second kappa shape index (κ2) is 11.4. The Labute approximate surface area is 213 Å². The second-order valence-corrected chi connectivity index (χ2v) is 9.64. The first-order valence-electron chi connectivity index (χ1n) is 12.3. The lowest BCUT2D eigenvalue weighted by Crippen LogP contribution is -2.52. The van der Waals surface area contributed by atoms with Crippen LogP contribution in [0.4, 0.5) is 0 Å². The van der Waals surface area contributed by atoms with Crippen molar-refractivity contribution in [3.05, 3.63) is 59.7 Å². The van der Waals surface area contributed by atoms with Crippen LogP contribution in [0.15, 0.2) is 48.5 Å². The quantitative estimate of drug-likeness (QED) is 0.663. The number of benzene rings is 2. The van der Waals surface area contributed by atoms with E-state index in [9.17, 15) is 9.59 Å². The normalized spacial score (nSPS) is 21.9. The molecule has 2 saturated heterocycles. The number of hydrogen-bond donors (Lipinski definition) is 2. The summed E-state index contributed by atoms with van der Waals surface area (Å²) in [5, 5.41) is 6.48. The molecule has 1 atom stereocenters. The van der Waals surface area contributed by atoms with E-state index in [1.54, 1.807) is 0 Å². The van der Waals surface area contributed by atoms with Crippen molar-refractivity contribution in [2.45, 2.75) is 38.2 Å². The third-order valence-corrected chi connectivity index (χ3v) is 7.24. The van der Waals surface area contributed by atoms with Gasteiger partial charge in [0, 0.05) is 32.7 Å². The van der Waals surface area contributed by atoms with Gasteiger partial charge in [-0.1, -0.05) is 24.3 Å². The Kier molecular flexibility index (Phi) is 8.31. The van der Waals surface area contributed by atoms with Crippen LogP contribution in [0.5, 0.6) is 11.5 Å². The molecule has 35 heavy (non-hydrogen) atoms. The van der Waals surface area contributed by atoms with Gasteiger partial charge in [0.1, 0.15) is 11.5 Å². The maximum atomic E-state index is 13.5. The zero-order valence-corrected chi connectivity index (χ0v) is 20.8. The molecule has 188 valence electrons. The van der Waals surface area contributed by atoms with Crippen LogP contribution in [0, 0.1) is 5.41 Å². The number of hydrogen-bond acceptors (Lipinski definition) is 5. The van der Waals surface area contributed by atoms with Gasteiger partial charge < -0.3 is 25.0 Å². The first-order chi connectivity index (χ1) is 16.6. The molecule has 3 heterocycles. The van der Waals surface area contributed by atoms with Gasteiger partial charge in [0.2, 0.25) is 11.8 Å². The molecule has 7 nitrogen and oxygen atoms in total. The van der Waals surface area contributed by atoms with Gasteiger partial charge in [0.15, 0.2) is 0 Å². The molecule has 2 fully saturated rings. The number of halogens is 1. The Morgan fingerprint density at radius 3 is 2.46 bits per heavy atom. The monoisotopic (exact) mass is 499 g/mol. The largest absolute Gasteiger partial charge is 0.457 e. The van der Waals surface area contributed by atoms with E-state index in [1.165, 1.54) is 0 Å². The molecule has 0 aromatic heterocycles. The zero-order valence-electron chi connectivity index (χ0n) is 20.0. The molecule has 4 bridgehead atoms. The van der Waals surface area contributed by atoms with Crippen LogP contribution in [0.3, 0.4) is 0 Å². The number of nitrogens with one attached hydrogen (secondary N) is 2. The van der Waals surface area contributed by atoms with E-state index in [-0.39, 0.29) is 30.3 Å². The van der Waals surface area contributed by atoms with E-state index in [2.05, 4.69) is 22.8 Å². The highest BCUT2D eigenvalue weighted by Gasteiger charge is 2.42. The molecule has 0 radical (unpaired) electrons. The Balaban J connectivity index is 0.00000289. The number of carbonyl (C=O) groups excluding carboxylic acids is 2. The van der Waals surface area contributed by atoms with Gasteiger partial charge in [-0.15, -0.1) is 12.4 Å². The Bertz CT molecular complexity index is 1030. The van der Waals surface area contributed by atoms with Crippen molar-refractivity contribution in [3.8, 4) is 11.5 Å². The summed E-state index contributed by atoms with van der Waals surface area (Å²) >= 11 is 0. The van der Waals surface area contributed by atoms with Crippen molar-refractivity contribution < 1.29 is 19.1 Å². The number of ether oxygens (including phenoxy) is 2. The van der Waals surface area contributed by atoms with Crippen LogP contribution in [0.2, 0.25) is 0 Å². The van der Waals surface area contributed by atoms with Crippen LogP contribution in [-0.2, 0) is 27.2 Å². The third-order valence-electron chi connectivity index (χ3n) is 7.24. The smallest absolute Gasteiger partial charge is 0.226 e. The summed E-state index contributed by atoms with van der Waals surface area (Å²) in [7, 11) is 0. The third kappa shape index (κ3) is 6.15. The number of likely N-dealkylation sites (tertiary alicyclic amines) is 1. The number of rotatable bonds is 2. The highest BCUT2D eigenvalue weighted by molar-refractivity contribution is 5.85. The zero-order chi connectivity index (χ0) is 23.4. The van der Waals surface area contributed by atoms with Gasteiger partial charge in [-0.05, 0) is 61.1 Å². The van der Waals surface area contributed by atoms with E-state index >= 15 is 0 Å². The fourth-order valence-electron chi connectivity index (χ4n) is 5.26. The van der Waals surface area contributed by atoms with E-state index in [4.69, 9.17) is 9.47 Å². The van der Waals surface area contributed by atoms with E-state index in [0.717, 1.165) is 35.6 Å². The fourth-order valence-corrected chi connectivity index (χ4v) is 5.26. The molecule has 2 aromatic carbocycles. The summed E-state index contributed by atoms with van der Waals surface area (Å²) in [6, 6.07) is 16.0. The lowest BCUT2D eigenvalue weighted by molar-refractivity contribution is -0.142. The summed E-state index contributed by atoms with van der Waals surface area (Å²) in [4.78, 5) is 28.3. The van der Waals surface area contributed by atoms with Crippen molar-refractivity contribution in [2.24, 2.45) is 5.41 Å². The predicted molar refractivity (Wildman–Crippen MR) is 136 cm³/mol. The predicted octanol–water partition coefficient (Wildman–Crippen LogP) is 3.10. The van der Waals surface area contributed by atoms with Crippen LogP contribution in [0.25, 0.3) is 0 Å². The summed E-state index contributed by atoms with van der Waals surface area (Å²) in [6.07, 6.45) is 3.00. The molecule has 3 aliphatic heterocycles. The first kappa shape index (κ1) is 25.5. The Morgan fingerprint density at radius 2 is 1.74 bits per heavy atom. The standard InChI is InChI=1S/C27H33N3O4.ClH/c31-25(17-24-19-28-11-14-33-24)30-12-8-27(9-13-30)18-21-4-2-6-23(16-21)34-22-5-1-3-20(15-22)7-10-29-26(27)32;/h1-6,15-16,24,28H,7-14,17-19H2,(H,29,32);1H. The van der Waals surface area contributed by atoms with Gasteiger partial charge in [0.25, 0.3) is 0 Å². The lowest BCUT2D eigenvalue weighted by Gasteiger charge is -2.41. The van der Waals surface area contributed by atoms with Gasteiger partial charge in [0.05, 0.1) is 24.5 Å². The molecule has 8 heteroatoms. The summed E-state index contributed by atoms with van der Waals surface area (Å²) < 4.78 is 11.8. The fraction of sp³-hybridized carbons (Fsp3) is 0.481. The number of fused-ring (bicyclic) bond motifs is 4. The molecule has 0 aliphatic carbocycles. The molecule has 1 spiro atoms. The summed E-state index contributed by atoms with van der Waals surface area (Å²) in [6.45, 7) is 3.95. The average Bonchev–Trinajstić information content (AvgIpc) is 2.85. The van der Waals surface area contributed by atoms with Crippen LogP contribution >= 0.6 is 12.4 Å². The molecular weight excluding hydrogens is 466 g/mol. The minimum Gasteiger partial charge on any atom is -0.457 e. The van der Waals surface area contributed by atoms with Crippen molar-refractivity contribution in [3.63, 3.8) is 0 Å². The van der Waals surface area contributed by atoms with E-state index in [1.807, 2.05) is 41.3 Å². The molecule has 2 amide bonds. The minimum atomic E-state index is -0.537. The molecule has 1 unspecified atom stereocenters. The van der Waals surface area contributed by atoms with Crippen LogP contribution in [-0.4, -0.2) is 62.1 Å². The van der Waals surface area contributed by atoms with Gasteiger partial charge in [-0.2, -0.15) is 0 Å². The van der Waals surface area contributed by atoms with Gasteiger partial charge >= 0.3 is 0 Å². The Hall–Kier alpha value is -2.61. The molecular formula is C27H34ClN3O4. The average molecular weight is 500 g/mol. The highest BCUT2D eigenvalue weighted by atomic mass is 35.5. The SMILES string of the molecule is Cl.O=C(CC1CNCCO1)N1CCC2(CC1)Cc1cccc(c1)Oc1cccc(c1)CCNC2=O. The molecule has 5 rings (SSSR count). The topological polar surface area (TPSA) is 79.9 Å². The van der Waals surface area contributed by atoms with Crippen molar-refractivity contribution in [1.82, 2.24) is 15.5 Å². The first-order valence-corrected chi connectivity index (χ1v) is 12.3. The van der Waals surface area contributed by atoms with Crippen molar-refractivity contribution >= 4 is 24.2 Å². The van der Waals surface area contributed by atoms with E-state index < -0.39 is 5.41 Å². The number of carbonyl (C=O) groups is 2. The lowest BCUT2D eigenvalue weighted by atomic mass is 9.72. The van der Waals surface area contributed by atoms with Crippen molar-refractivity contribution in [2.75, 3.05) is 39.3 Å². The number of piperidine rings is 1. The second-order valence-electron chi connectivity index (χ2n) is 9.64. The highest BCUT2D eigenvalue weighted by Crippen LogP contribution is 2.37. The number of morpholine rings is 1. The molecule has 2 aromatic rings. The maximum absolute atomic E-state index is 13.5. The van der Waals surface area contributed by atoms with Crippen molar-refractivity contribution in [1.29, 1.82) is 0 Å². The molecule has 0 saturated carbocycles. The number of nitrogens with zero attached hydrogens (tertiary/aromatic N) is 1.